The summed E-state index contributed by atoms with van der Waals surface area (Å²) in [7, 11) is 0. The van der Waals surface area contributed by atoms with E-state index in [1.165, 1.54) is 42.7 Å². The average Bonchev–Trinajstić information content (AvgIpc) is 2.74. The van der Waals surface area contributed by atoms with Crippen LogP contribution in [0.1, 0.15) is 22.3 Å². The number of nitrogens with one attached hydrogen (secondary N) is 1. The quantitative estimate of drug-likeness (QED) is 0.453. The molecule has 0 aliphatic heterocycles. The molecule has 0 aliphatic carbocycles. The number of carbonyl (C=O) groups is 1. The summed E-state index contributed by atoms with van der Waals surface area (Å²) in [5.41, 5.74) is 0.392. The molecule has 1 aromatic heterocycles. The van der Waals surface area contributed by atoms with Gasteiger partial charge in [-0.15, -0.1) is 0 Å². The summed E-state index contributed by atoms with van der Waals surface area (Å²) < 4.78 is 43.8. The maximum atomic E-state index is 12.8. The Morgan fingerprint density at radius 3 is 2.42 bits per heavy atom. The Balaban J connectivity index is 1.92. The second kappa shape index (κ2) is 9.43. The van der Waals surface area contributed by atoms with Crippen molar-refractivity contribution in [1.29, 1.82) is 0 Å². The number of anilines is 2. The summed E-state index contributed by atoms with van der Waals surface area (Å²) in [6.07, 6.45) is -1.26. The van der Waals surface area contributed by atoms with Gasteiger partial charge in [-0.25, -0.2) is 9.78 Å². The molecule has 162 valence electrons. The van der Waals surface area contributed by atoms with Crippen molar-refractivity contribution in [3.63, 3.8) is 0 Å². The molecule has 0 radical (unpaired) electrons. The highest BCUT2D eigenvalue weighted by atomic mass is 19.4. The first-order valence-electron chi connectivity index (χ1n) is 9.16. The first-order chi connectivity index (χ1) is 14.8. The standard InChI is InChI=1S/C21H18F3N3O4/c22-21(23,24)14-3-5-15(6-4-14)27-19-18(25-8-9-26-19)13-2-7-16(20(29)30)17(12-13)31-11-1-10-28/h2-9,12,28H,1,10-11H2,(H,26,27)(H,29,30). The molecule has 0 saturated carbocycles. The number of aromatic nitrogens is 2. The number of ether oxygens (including phenoxy) is 1. The highest BCUT2D eigenvalue weighted by Crippen LogP contribution is 2.33. The SMILES string of the molecule is O=C(O)c1ccc(-c2nccnc2Nc2ccc(C(F)(F)F)cc2)cc1OCCCO. The van der Waals surface area contributed by atoms with Crippen LogP contribution in [-0.4, -0.2) is 39.4 Å². The lowest BCUT2D eigenvalue weighted by molar-refractivity contribution is -0.137. The summed E-state index contributed by atoms with van der Waals surface area (Å²) in [5, 5.41) is 21.2. The number of carboxylic acid groups (broad SMARTS) is 1. The number of halogens is 3. The van der Waals surface area contributed by atoms with Crippen molar-refractivity contribution in [3.05, 3.63) is 66.0 Å². The number of aliphatic hydroxyl groups is 1. The van der Waals surface area contributed by atoms with E-state index < -0.39 is 17.7 Å². The summed E-state index contributed by atoms with van der Waals surface area (Å²) in [4.78, 5) is 19.9. The molecule has 10 heteroatoms. The number of carboxylic acids is 1. The van der Waals surface area contributed by atoms with Gasteiger partial charge < -0.3 is 20.3 Å². The first kappa shape index (κ1) is 22.0. The van der Waals surface area contributed by atoms with Gasteiger partial charge in [0.2, 0.25) is 0 Å². The van der Waals surface area contributed by atoms with E-state index >= 15 is 0 Å². The molecular weight excluding hydrogens is 415 g/mol. The van der Waals surface area contributed by atoms with Crippen molar-refractivity contribution in [1.82, 2.24) is 9.97 Å². The fourth-order valence-electron chi connectivity index (χ4n) is 2.73. The topological polar surface area (TPSA) is 105 Å². The summed E-state index contributed by atoms with van der Waals surface area (Å²) in [5.74, 6) is -0.802. The number of aliphatic hydroxyl groups excluding tert-OH is 1. The third-order valence-electron chi connectivity index (χ3n) is 4.22. The lowest BCUT2D eigenvalue weighted by Crippen LogP contribution is -2.06. The Labute approximate surface area is 175 Å². The number of benzene rings is 2. The zero-order chi connectivity index (χ0) is 22.4. The van der Waals surface area contributed by atoms with Crippen LogP contribution in [0.25, 0.3) is 11.3 Å². The molecule has 0 atom stereocenters. The number of nitrogens with zero attached hydrogens (tertiary/aromatic N) is 2. The Kier molecular flexibility index (Phi) is 6.71. The minimum Gasteiger partial charge on any atom is -0.493 e. The van der Waals surface area contributed by atoms with Gasteiger partial charge >= 0.3 is 12.1 Å². The number of alkyl halides is 3. The van der Waals surface area contributed by atoms with E-state index in [0.717, 1.165) is 12.1 Å². The molecule has 3 aromatic rings. The monoisotopic (exact) mass is 433 g/mol. The van der Waals surface area contributed by atoms with Crippen LogP contribution in [0.5, 0.6) is 5.75 Å². The molecule has 3 rings (SSSR count). The van der Waals surface area contributed by atoms with Crippen LogP contribution in [0.2, 0.25) is 0 Å². The molecule has 7 nitrogen and oxygen atoms in total. The van der Waals surface area contributed by atoms with Gasteiger partial charge in [0.05, 0.1) is 12.2 Å². The smallest absolute Gasteiger partial charge is 0.416 e. The zero-order valence-electron chi connectivity index (χ0n) is 16.1. The van der Waals surface area contributed by atoms with Crippen molar-refractivity contribution in [3.8, 4) is 17.0 Å². The van der Waals surface area contributed by atoms with Gasteiger partial charge in [0.25, 0.3) is 0 Å². The molecule has 3 N–H and O–H groups in total. The van der Waals surface area contributed by atoms with E-state index in [-0.39, 0.29) is 30.3 Å². The van der Waals surface area contributed by atoms with Crippen molar-refractivity contribution in [2.75, 3.05) is 18.5 Å². The van der Waals surface area contributed by atoms with Crippen molar-refractivity contribution < 1.29 is 32.9 Å². The normalized spacial score (nSPS) is 11.2. The largest absolute Gasteiger partial charge is 0.493 e. The third kappa shape index (κ3) is 5.48. The van der Waals surface area contributed by atoms with Crippen molar-refractivity contribution >= 4 is 17.5 Å². The average molecular weight is 433 g/mol. The predicted octanol–water partition coefficient (Wildman–Crippen LogP) is 4.37. The number of rotatable bonds is 8. The predicted molar refractivity (Wildman–Crippen MR) is 106 cm³/mol. The van der Waals surface area contributed by atoms with Gasteiger partial charge in [0.1, 0.15) is 17.0 Å². The van der Waals surface area contributed by atoms with Crippen LogP contribution in [0, 0.1) is 0 Å². The molecule has 31 heavy (non-hydrogen) atoms. The van der Waals surface area contributed by atoms with Crippen LogP contribution >= 0.6 is 0 Å². The van der Waals surface area contributed by atoms with E-state index in [0.29, 0.717) is 23.4 Å². The third-order valence-corrected chi connectivity index (χ3v) is 4.22. The van der Waals surface area contributed by atoms with E-state index in [1.807, 2.05) is 0 Å². The summed E-state index contributed by atoms with van der Waals surface area (Å²) in [6.45, 7) is 0.0187. The van der Waals surface area contributed by atoms with Gasteiger partial charge in [0, 0.05) is 36.7 Å². The van der Waals surface area contributed by atoms with Crippen LogP contribution in [-0.2, 0) is 6.18 Å². The number of hydrogen-bond acceptors (Lipinski definition) is 6. The van der Waals surface area contributed by atoms with E-state index in [2.05, 4.69) is 15.3 Å². The van der Waals surface area contributed by atoms with Crippen LogP contribution in [0.4, 0.5) is 24.7 Å². The van der Waals surface area contributed by atoms with E-state index in [4.69, 9.17) is 9.84 Å². The number of aromatic carboxylic acids is 1. The first-order valence-corrected chi connectivity index (χ1v) is 9.16. The maximum Gasteiger partial charge on any atom is 0.416 e. The van der Waals surface area contributed by atoms with Gasteiger partial charge in [-0.05, 0) is 36.4 Å². The lowest BCUT2D eigenvalue weighted by Gasteiger charge is -2.14. The molecular formula is C21H18F3N3O4. The Morgan fingerprint density at radius 2 is 1.77 bits per heavy atom. The molecule has 0 amide bonds. The molecule has 0 fully saturated rings. The van der Waals surface area contributed by atoms with E-state index in [9.17, 15) is 23.1 Å². The van der Waals surface area contributed by atoms with Gasteiger partial charge in [0.15, 0.2) is 5.82 Å². The highest BCUT2D eigenvalue weighted by Gasteiger charge is 2.30. The molecule has 1 heterocycles. The van der Waals surface area contributed by atoms with Gasteiger partial charge in [-0.3, -0.25) is 4.98 Å². The molecule has 0 bridgehead atoms. The summed E-state index contributed by atoms with van der Waals surface area (Å²) in [6, 6.07) is 8.84. The molecule has 0 spiro atoms. The zero-order valence-corrected chi connectivity index (χ0v) is 16.1. The molecule has 2 aromatic carbocycles. The Hall–Kier alpha value is -3.66. The minimum atomic E-state index is -4.44. The second-order valence-corrected chi connectivity index (χ2v) is 6.40. The molecule has 0 saturated heterocycles. The minimum absolute atomic E-state index is 0.0529. The van der Waals surface area contributed by atoms with Gasteiger partial charge in [-0.1, -0.05) is 6.07 Å². The highest BCUT2D eigenvalue weighted by molar-refractivity contribution is 5.92. The lowest BCUT2D eigenvalue weighted by atomic mass is 10.1. The molecule has 0 aliphatic rings. The number of hydrogen-bond donors (Lipinski definition) is 3. The Bertz CT molecular complexity index is 1060. The Morgan fingerprint density at radius 1 is 1.06 bits per heavy atom. The molecule has 0 unspecified atom stereocenters. The fraction of sp³-hybridized carbons (Fsp3) is 0.190. The van der Waals surface area contributed by atoms with E-state index in [1.54, 1.807) is 0 Å². The van der Waals surface area contributed by atoms with Crippen molar-refractivity contribution in [2.45, 2.75) is 12.6 Å². The van der Waals surface area contributed by atoms with Gasteiger partial charge in [-0.2, -0.15) is 13.2 Å². The maximum absolute atomic E-state index is 12.8. The van der Waals surface area contributed by atoms with Crippen LogP contribution in [0.15, 0.2) is 54.9 Å². The second-order valence-electron chi connectivity index (χ2n) is 6.40. The van der Waals surface area contributed by atoms with Crippen LogP contribution in [0.3, 0.4) is 0 Å². The van der Waals surface area contributed by atoms with Crippen molar-refractivity contribution in [2.24, 2.45) is 0 Å². The fourth-order valence-corrected chi connectivity index (χ4v) is 2.73. The van der Waals surface area contributed by atoms with Crippen LogP contribution < -0.4 is 10.1 Å². The summed E-state index contributed by atoms with van der Waals surface area (Å²) >= 11 is 0.